The standard InChI is InChI=1S/C12H14FNO3S3/c1-20(16,17)11-7-19-5-4-14(11)12(15)8-2-3-9(13)10(18)6-8/h2-3,6,11,18H,4-5,7H2,1H3. The van der Waals surface area contributed by atoms with Crippen LogP contribution in [0.5, 0.6) is 0 Å². The van der Waals surface area contributed by atoms with E-state index in [1.807, 2.05) is 0 Å². The van der Waals surface area contributed by atoms with Crippen LogP contribution < -0.4 is 0 Å². The molecule has 0 aliphatic carbocycles. The lowest BCUT2D eigenvalue weighted by Crippen LogP contribution is -2.49. The number of halogens is 1. The molecule has 2 rings (SSSR count). The van der Waals surface area contributed by atoms with Crippen molar-refractivity contribution in [1.82, 2.24) is 4.90 Å². The van der Waals surface area contributed by atoms with Gasteiger partial charge in [-0.2, -0.15) is 11.8 Å². The molecule has 0 saturated carbocycles. The largest absolute Gasteiger partial charge is 0.320 e. The Morgan fingerprint density at radius 3 is 2.80 bits per heavy atom. The van der Waals surface area contributed by atoms with Gasteiger partial charge >= 0.3 is 0 Å². The van der Waals surface area contributed by atoms with Gasteiger partial charge in [-0.15, -0.1) is 12.6 Å². The fourth-order valence-corrected chi connectivity index (χ4v) is 5.01. The van der Waals surface area contributed by atoms with E-state index in [1.54, 1.807) is 0 Å². The summed E-state index contributed by atoms with van der Waals surface area (Å²) in [7, 11) is -3.36. The molecule has 20 heavy (non-hydrogen) atoms. The number of carbonyl (C=O) groups excluding carboxylic acids is 1. The third-order valence-electron chi connectivity index (χ3n) is 3.03. The van der Waals surface area contributed by atoms with E-state index in [2.05, 4.69) is 12.6 Å². The van der Waals surface area contributed by atoms with Gasteiger partial charge in [0.15, 0.2) is 9.84 Å². The van der Waals surface area contributed by atoms with E-state index in [9.17, 15) is 17.6 Å². The molecule has 1 aromatic rings. The number of benzene rings is 1. The maximum absolute atomic E-state index is 13.2. The van der Waals surface area contributed by atoms with Crippen LogP contribution in [0.25, 0.3) is 0 Å². The fourth-order valence-electron chi connectivity index (χ4n) is 1.98. The van der Waals surface area contributed by atoms with Crippen molar-refractivity contribution in [3.8, 4) is 0 Å². The Kier molecular flexibility index (Phi) is 4.66. The number of carbonyl (C=O) groups is 1. The summed E-state index contributed by atoms with van der Waals surface area (Å²) in [6.45, 7) is 0.362. The molecule has 1 unspecified atom stereocenters. The molecule has 1 amide bonds. The van der Waals surface area contributed by atoms with Crippen LogP contribution in [-0.4, -0.2) is 48.9 Å². The second-order valence-corrected chi connectivity index (χ2v) is 8.36. The average Bonchev–Trinajstić information content (AvgIpc) is 2.40. The molecule has 0 aromatic heterocycles. The van der Waals surface area contributed by atoms with Crippen LogP contribution in [0.4, 0.5) is 4.39 Å². The van der Waals surface area contributed by atoms with Gasteiger partial charge in [0.05, 0.1) is 0 Å². The van der Waals surface area contributed by atoms with Crippen LogP contribution in [0.15, 0.2) is 23.1 Å². The minimum absolute atomic E-state index is 0.0677. The highest BCUT2D eigenvalue weighted by atomic mass is 32.2. The highest BCUT2D eigenvalue weighted by Crippen LogP contribution is 2.23. The molecule has 0 spiro atoms. The first-order valence-electron chi connectivity index (χ1n) is 5.87. The first kappa shape index (κ1) is 15.7. The first-order chi connectivity index (χ1) is 9.30. The number of sulfone groups is 1. The highest BCUT2D eigenvalue weighted by Gasteiger charge is 2.34. The summed E-state index contributed by atoms with van der Waals surface area (Å²) >= 11 is 5.44. The molecule has 0 N–H and O–H groups in total. The molecular weight excluding hydrogens is 321 g/mol. The Morgan fingerprint density at radius 2 is 2.20 bits per heavy atom. The second-order valence-electron chi connectivity index (χ2n) is 4.52. The predicted octanol–water partition coefficient (Wildman–Crippen LogP) is 1.67. The molecule has 1 aromatic carbocycles. The molecule has 1 aliphatic heterocycles. The van der Waals surface area contributed by atoms with Gasteiger partial charge in [-0.25, -0.2) is 12.8 Å². The Balaban J connectivity index is 2.32. The minimum Gasteiger partial charge on any atom is -0.320 e. The van der Waals surface area contributed by atoms with Gasteiger partial charge in [-0.3, -0.25) is 4.79 Å². The molecule has 1 atom stereocenters. The third-order valence-corrected chi connectivity index (χ3v) is 6.02. The number of hydrogen-bond donors (Lipinski definition) is 1. The fraction of sp³-hybridized carbons (Fsp3) is 0.417. The maximum atomic E-state index is 13.2. The SMILES string of the molecule is CS(=O)(=O)C1CSCCN1C(=O)c1ccc(F)c(S)c1. The van der Waals surface area contributed by atoms with Gasteiger partial charge in [0.25, 0.3) is 5.91 Å². The number of thioether (sulfide) groups is 1. The molecule has 1 fully saturated rings. The van der Waals surface area contributed by atoms with E-state index in [4.69, 9.17) is 0 Å². The minimum atomic E-state index is -3.36. The van der Waals surface area contributed by atoms with Crippen LogP contribution in [0.2, 0.25) is 0 Å². The summed E-state index contributed by atoms with van der Waals surface area (Å²) in [5, 5.41) is -0.831. The summed E-state index contributed by atoms with van der Waals surface area (Å²) in [4.78, 5) is 13.8. The van der Waals surface area contributed by atoms with Crippen LogP contribution in [0.3, 0.4) is 0 Å². The predicted molar refractivity (Wildman–Crippen MR) is 80.6 cm³/mol. The van der Waals surface area contributed by atoms with E-state index >= 15 is 0 Å². The smallest absolute Gasteiger partial charge is 0.255 e. The molecule has 8 heteroatoms. The van der Waals surface area contributed by atoms with Gasteiger partial charge in [0, 0.05) is 34.8 Å². The number of thiol groups is 1. The summed E-state index contributed by atoms with van der Waals surface area (Å²) in [6, 6.07) is 3.82. The van der Waals surface area contributed by atoms with Gasteiger partial charge in [0.2, 0.25) is 0 Å². The quantitative estimate of drug-likeness (QED) is 0.836. The van der Waals surface area contributed by atoms with Gasteiger partial charge in [-0.1, -0.05) is 0 Å². The summed E-state index contributed by atoms with van der Waals surface area (Å²) in [6.07, 6.45) is 1.12. The third kappa shape index (κ3) is 3.29. The molecule has 1 aliphatic rings. The van der Waals surface area contributed by atoms with Crippen molar-refractivity contribution in [3.63, 3.8) is 0 Å². The molecule has 110 valence electrons. The van der Waals surface area contributed by atoms with Crippen molar-refractivity contribution in [1.29, 1.82) is 0 Å². The molecule has 4 nitrogen and oxygen atoms in total. The average molecular weight is 335 g/mol. The second kappa shape index (κ2) is 5.95. The Morgan fingerprint density at radius 1 is 1.50 bits per heavy atom. The van der Waals surface area contributed by atoms with Crippen molar-refractivity contribution in [3.05, 3.63) is 29.6 Å². The van der Waals surface area contributed by atoms with Crippen molar-refractivity contribution in [2.75, 3.05) is 24.3 Å². The van der Waals surface area contributed by atoms with Crippen molar-refractivity contribution in [2.45, 2.75) is 10.3 Å². The number of amides is 1. The lowest BCUT2D eigenvalue weighted by Gasteiger charge is -2.34. The zero-order valence-corrected chi connectivity index (χ0v) is 13.3. The van der Waals surface area contributed by atoms with E-state index in [1.165, 1.54) is 28.8 Å². The number of hydrogen-bond acceptors (Lipinski definition) is 5. The van der Waals surface area contributed by atoms with Crippen molar-refractivity contribution in [2.24, 2.45) is 0 Å². The van der Waals surface area contributed by atoms with Gasteiger partial charge < -0.3 is 4.90 Å². The molecule has 1 saturated heterocycles. The first-order valence-corrected chi connectivity index (χ1v) is 9.42. The van der Waals surface area contributed by atoms with Gasteiger partial charge in [0.1, 0.15) is 11.2 Å². The normalized spacial score (nSPS) is 19.9. The zero-order chi connectivity index (χ0) is 14.9. The van der Waals surface area contributed by atoms with Crippen LogP contribution in [-0.2, 0) is 9.84 Å². The lowest BCUT2D eigenvalue weighted by molar-refractivity contribution is 0.0749. The van der Waals surface area contributed by atoms with Crippen LogP contribution >= 0.6 is 24.4 Å². The summed E-state index contributed by atoms with van der Waals surface area (Å²) in [5.74, 6) is 0.126. The maximum Gasteiger partial charge on any atom is 0.255 e. The Hall–Kier alpha value is -0.730. The zero-order valence-electron chi connectivity index (χ0n) is 10.7. The van der Waals surface area contributed by atoms with E-state index in [0.717, 1.165) is 12.3 Å². The van der Waals surface area contributed by atoms with E-state index < -0.39 is 26.9 Å². The number of nitrogens with zero attached hydrogens (tertiary/aromatic N) is 1. The lowest BCUT2D eigenvalue weighted by atomic mass is 10.2. The monoisotopic (exact) mass is 335 g/mol. The van der Waals surface area contributed by atoms with Crippen molar-refractivity contribution < 1.29 is 17.6 Å². The van der Waals surface area contributed by atoms with E-state index in [-0.39, 0.29) is 10.5 Å². The summed E-state index contributed by atoms with van der Waals surface area (Å²) < 4.78 is 36.7. The van der Waals surface area contributed by atoms with Crippen molar-refractivity contribution >= 4 is 40.1 Å². The number of rotatable bonds is 2. The molecule has 0 bridgehead atoms. The highest BCUT2D eigenvalue weighted by molar-refractivity contribution is 8.00. The van der Waals surface area contributed by atoms with Crippen LogP contribution in [0.1, 0.15) is 10.4 Å². The molecule has 1 heterocycles. The molecular formula is C12H14FNO3S3. The Bertz CT molecular complexity index is 633. The Labute approximate surface area is 127 Å². The van der Waals surface area contributed by atoms with E-state index in [0.29, 0.717) is 18.1 Å². The summed E-state index contributed by atoms with van der Waals surface area (Å²) in [5.41, 5.74) is 0.247. The molecule has 0 radical (unpaired) electrons. The van der Waals surface area contributed by atoms with Gasteiger partial charge in [-0.05, 0) is 18.2 Å². The topological polar surface area (TPSA) is 54.5 Å². The van der Waals surface area contributed by atoms with Crippen LogP contribution in [0, 0.1) is 5.82 Å².